The van der Waals surface area contributed by atoms with Gasteiger partial charge in [-0.25, -0.2) is 9.78 Å². The van der Waals surface area contributed by atoms with Crippen LogP contribution in [0.1, 0.15) is 53.2 Å². The van der Waals surface area contributed by atoms with Gasteiger partial charge in [0.05, 0.1) is 18.5 Å². The van der Waals surface area contributed by atoms with Crippen LogP contribution < -0.4 is 21.7 Å². The zero-order valence-electron chi connectivity index (χ0n) is 20.4. The van der Waals surface area contributed by atoms with Gasteiger partial charge in [0.1, 0.15) is 12.1 Å². The second-order valence-corrected chi connectivity index (χ2v) is 9.01. The smallest absolute Gasteiger partial charge is 0.328 e. The minimum atomic E-state index is -1.56. The number of imidazole rings is 1. The van der Waals surface area contributed by atoms with E-state index in [1.165, 1.54) is 19.4 Å². The van der Waals surface area contributed by atoms with Gasteiger partial charge in [0.2, 0.25) is 17.7 Å². The summed E-state index contributed by atoms with van der Waals surface area (Å²) in [4.78, 5) is 56.7. The van der Waals surface area contributed by atoms with Crippen molar-refractivity contribution < 1.29 is 29.4 Å². The number of amides is 3. The van der Waals surface area contributed by atoms with Crippen LogP contribution in [-0.4, -0.2) is 74.1 Å². The van der Waals surface area contributed by atoms with Crippen LogP contribution >= 0.6 is 0 Å². The zero-order valence-corrected chi connectivity index (χ0v) is 20.4. The van der Waals surface area contributed by atoms with Gasteiger partial charge in [-0.05, 0) is 25.2 Å². The lowest BCUT2D eigenvalue weighted by Crippen LogP contribution is -2.59. The van der Waals surface area contributed by atoms with Crippen LogP contribution in [0, 0.1) is 11.8 Å². The number of aliphatic hydroxyl groups excluding tert-OH is 1. The maximum Gasteiger partial charge on any atom is 0.328 e. The van der Waals surface area contributed by atoms with E-state index >= 15 is 0 Å². The number of carboxylic acid groups (broad SMARTS) is 1. The topological polar surface area (TPSA) is 200 Å². The molecule has 192 valence electrons. The standard InChI is InChI=1S/C22H38N6O6/c1-6-12(4)17(23)21(32)27-15(7-11(2)3)19(30)26-16(8-14-9-24-10-25-14)20(31)28-18(13(5)29)22(33)34/h9-13,15-18,29H,6-8,23H2,1-5H3,(H,24,25)(H,26,30)(H,27,32)(H,28,31)(H,33,34). The highest BCUT2D eigenvalue weighted by molar-refractivity contribution is 5.94. The largest absolute Gasteiger partial charge is 0.480 e. The molecule has 1 aromatic rings. The minimum absolute atomic E-state index is 0.0154. The lowest BCUT2D eigenvalue weighted by Gasteiger charge is -2.27. The van der Waals surface area contributed by atoms with Gasteiger partial charge in [0, 0.05) is 18.3 Å². The summed E-state index contributed by atoms with van der Waals surface area (Å²) in [5, 5.41) is 26.5. The van der Waals surface area contributed by atoms with Crippen molar-refractivity contribution in [2.24, 2.45) is 17.6 Å². The van der Waals surface area contributed by atoms with E-state index in [0.717, 1.165) is 0 Å². The quantitative estimate of drug-likeness (QED) is 0.180. The molecule has 34 heavy (non-hydrogen) atoms. The number of aromatic amines is 1. The summed E-state index contributed by atoms with van der Waals surface area (Å²) in [5.41, 5.74) is 6.52. The predicted molar refractivity (Wildman–Crippen MR) is 124 cm³/mol. The molecule has 1 rings (SSSR count). The van der Waals surface area contributed by atoms with Crippen LogP contribution in [0.2, 0.25) is 0 Å². The first-order valence-corrected chi connectivity index (χ1v) is 11.4. The van der Waals surface area contributed by atoms with Gasteiger partial charge < -0.3 is 36.9 Å². The van der Waals surface area contributed by atoms with Crippen molar-refractivity contribution in [3.8, 4) is 0 Å². The number of aliphatic carboxylic acids is 1. The van der Waals surface area contributed by atoms with Gasteiger partial charge in [-0.1, -0.05) is 34.1 Å². The summed E-state index contributed by atoms with van der Waals surface area (Å²) in [6, 6.07) is -4.50. The lowest BCUT2D eigenvalue weighted by atomic mass is 9.97. The van der Waals surface area contributed by atoms with E-state index in [9.17, 15) is 29.4 Å². The van der Waals surface area contributed by atoms with E-state index < -0.39 is 54.0 Å². The molecular weight excluding hydrogens is 444 g/mol. The first-order valence-electron chi connectivity index (χ1n) is 11.4. The van der Waals surface area contributed by atoms with Crippen molar-refractivity contribution in [1.29, 1.82) is 0 Å². The predicted octanol–water partition coefficient (Wildman–Crippen LogP) is -0.708. The van der Waals surface area contributed by atoms with Crippen LogP contribution in [-0.2, 0) is 25.6 Å². The maximum absolute atomic E-state index is 13.1. The van der Waals surface area contributed by atoms with Crippen molar-refractivity contribution in [1.82, 2.24) is 25.9 Å². The molecule has 0 radical (unpaired) electrons. The average molecular weight is 483 g/mol. The number of carbonyl (C=O) groups excluding carboxylic acids is 3. The van der Waals surface area contributed by atoms with E-state index in [2.05, 4.69) is 25.9 Å². The maximum atomic E-state index is 13.1. The van der Waals surface area contributed by atoms with E-state index in [1.54, 1.807) is 0 Å². The Labute approximate surface area is 199 Å². The molecular formula is C22H38N6O6. The monoisotopic (exact) mass is 482 g/mol. The number of aliphatic hydroxyl groups is 1. The van der Waals surface area contributed by atoms with E-state index in [0.29, 0.717) is 18.5 Å². The fourth-order valence-corrected chi connectivity index (χ4v) is 3.22. The number of rotatable bonds is 14. The van der Waals surface area contributed by atoms with Gasteiger partial charge in [0.25, 0.3) is 0 Å². The number of carboxylic acids is 1. The molecule has 12 heteroatoms. The SMILES string of the molecule is CCC(C)C(N)C(=O)NC(CC(C)C)C(=O)NC(Cc1cnc[nH]1)C(=O)NC(C(=O)O)C(C)O. The fraction of sp³-hybridized carbons (Fsp3) is 0.682. The van der Waals surface area contributed by atoms with Crippen molar-refractivity contribution in [2.75, 3.05) is 0 Å². The highest BCUT2D eigenvalue weighted by Gasteiger charge is 2.32. The normalized spacial score (nSPS) is 16.6. The Morgan fingerprint density at radius 3 is 2.09 bits per heavy atom. The third-order valence-corrected chi connectivity index (χ3v) is 5.56. The van der Waals surface area contributed by atoms with E-state index in [1.807, 2.05) is 27.7 Å². The first kappa shape index (κ1) is 29.0. The Kier molecular flexibility index (Phi) is 11.7. The summed E-state index contributed by atoms with van der Waals surface area (Å²) in [6.07, 6.45) is 2.48. The van der Waals surface area contributed by atoms with Gasteiger partial charge in [-0.3, -0.25) is 14.4 Å². The van der Waals surface area contributed by atoms with E-state index in [4.69, 9.17) is 5.73 Å². The summed E-state index contributed by atoms with van der Waals surface area (Å²) < 4.78 is 0. The van der Waals surface area contributed by atoms with Crippen LogP contribution in [0.4, 0.5) is 0 Å². The minimum Gasteiger partial charge on any atom is -0.480 e. The van der Waals surface area contributed by atoms with Crippen LogP contribution in [0.25, 0.3) is 0 Å². The first-order chi connectivity index (χ1) is 15.9. The van der Waals surface area contributed by atoms with Gasteiger partial charge >= 0.3 is 5.97 Å². The Hall–Kier alpha value is -2.99. The van der Waals surface area contributed by atoms with Crippen molar-refractivity contribution in [2.45, 2.75) is 84.2 Å². The van der Waals surface area contributed by atoms with Gasteiger partial charge in [-0.15, -0.1) is 0 Å². The number of nitrogens with one attached hydrogen (secondary N) is 4. The van der Waals surface area contributed by atoms with Crippen molar-refractivity contribution in [3.63, 3.8) is 0 Å². The molecule has 0 aliphatic rings. The Balaban J connectivity index is 3.08. The highest BCUT2D eigenvalue weighted by atomic mass is 16.4. The molecule has 0 saturated heterocycles. The van der Waals surface area contributed by atoms with Crippen LogP contribution in [0.5, 0.6) is 0 Å². The molecule has 1 heterocycles. The third kappa shape index (κ3) is 9.10. The Morgan fingerprint density at radius 1 is 1.03 bits per heavy atom. The zero-order chi connectivity index (χ0) is 26.0. The molecule has 0 saturated carbocycles. The highest BCUT2D eigenvalue weighted by Crippen LogP contribution is 2.10. The van der Waals surface area contributed by atoms with Crippen molar-refractivity contribution >= 4 is 23.7 Å². The molecule has 0 spiro atoms. The molecule has 0 aliphatic heterocycles. The molecule has 6 atom stereocenters. The fourth-order valence-electron chi connectivity index (χ4n) is 3.22. The Morgan fingerprint density at radius 2 is 1.62 bits per heavy atom. The van der Waals surface area contributed by atoms with Gasteiger partial charge in [0.15, 0.2) is 6.04 Å². The number of hydrogen-bond donors (Lipinski definition) is 7. The summed E-state index contributed by atoms with van der Waals surface area (Å²) >= 11 is 0. The van der Waals surface area contributed by atoms with Crippen molar-refractivity contribution in [3.05, 3.63) is 18.2 Å². The number of H-pyrrole nitrogens is 1. The molecule has 0 aromatic carbocycles. The molecule has 1 aromatic heterocycles. The molecule has 0 aliphatic carbocycles. The average Bonchev–Trinajstić information content (AvgIpc) is 3.27. The second kappa shape index (κ2) is 13.7. The third-order valence-electron chi connectivity index (χ3n) is 5.56. The number of carbonyl (C=O) groups is 4. The number of aromatic nitrogens is 2. The number of nitrogens with zero attached hydrogens (tertiary/aromatic N) is 1. The van der Waals surface area contributed by atoms with Crippen LogP contribution in [0.3, 0.4) is 0 Å². The number of nitrogens with two attached hydrogens (primary N) is 1. The van der Waals surface area contributed by atoms with Gasteiger partial charge in [-0.2, -0.15) is 0 Å². The summed E-state index contributed by atoms with van der Waals surface area (Å²) in [6.45, 7) is 8.75. The molecule has 8 N–H and O–H groups in total. The van der Waals surface area contributed by atoms with E-state index in [-0.39, 0.29) is 18.3 Å². The Bertz CT molecular complexity index is 813. The molecule has 12 nitrogen and oxygen atoms in total. The summed E-state index contributed by atoms with van der Waals surface area (Å²) in [7, 11) is 0. The molecule has 3 amide bonds. The summed E-state index contributed by atoms with van der Waals surface area (Å²) in [5.74, 6) is -3.34. The molecule has 0 bridgehead atoms. The number of hydrogen-bond acceptors (Lipinski definition) is 7. The van der Waals surface area contributed by atoms with Crippen LogP contribution in [0.15, 0.2) is 12.5 Å². The molecule has 0 fully saturated rings. The second-order valence-electron chi connectivity index (χ2n) is 9.01. The molecule has 6 unspecified atom stereocenters. The lowest BCUT2D eigenvalue weighted by molar-refractivity contribution is -0.145.